The molecule has 0 radical (unpaired) electrons. The van der Waals surface area contributed by atoms with Crippen LogP contribution in [0.25, 0.3) is 0 Å². The van der Waals surface area contributed by atoms with Gasteiger partial charge in [0, 0.05) is 12.8 Å². The molecule has 14 heavy (non-hydrogen) atoms. The van der Waals surface area contributed by atoms with Gasteiger partial charge in [0.1, 0.15) is 6.23 Å². The fourth-order valence-corrected chi connectivity index (χ4v) is 2.30. The van der Waals surface area contributed by atoms with E-state index in [0.717, 1.165) is 29.6 Å². The van der Waals surface area contributed by atoms with Crippen molar-refractivity contribution in [2.75, 3.05) is 6.61 Å². The number of hydrogen-bond acceptors (Lipinski definition) is 2. The highest BCUT2D eigenvalue weighted by Crippen LogP contribution is 2.24. The van der Waals surface area contributed by atoms with Crippen LogP contribution in [0.1, 0.15) is 38.1 Å². The molecule has 0 bridgehead atoms. The summed E-state index contributed by atoms with van der Waals surface area (Å²) in [5, 5.41) is 4.50. The van der Waals surface area contributed by atoms with Crippen LogP contribution >= 0.6 is 15.9 Å². The molecule has 0 amide bonds. The molecule has 1 unspecified atom stereocenters. The third kappa shape index (κ3) is 2.01. The Hall–Kier alpha value is -0.350. The lowest BCUT2D eigenvalue weighted by atomic mass is 10.2. The molecule has 1 saturated heterocycles. The average Bonchev–Trinajstić information content (AvgIpc) is 2.61. The quantitative estimate of drug-likeness (QED) is 0.816. The van der Waals surface area contributed by atoms with Gasteiger partial charge in [-0.15, -0.1) is 0 Å². The molecule has 1 atom stereocenters. The van der Waals surface area contributed by atoms with Crippen molar-refractivity contribution >= 4 is 15.9 Å². The number of aryl methyl sites for hydroxylation is 1. The highest BCUT2D eigenvalue weighted by Gasteiger charge is 2.17. The molecule has 2 heterocycles. The Morgan fingerprint density at radius 3 is 3.07 bits per heavy atom. The molecule has 0 saturated carbocycles. The summed E-state index contributed by atoms with van der Waals surface area (Å²) in [6, 6.07) is 0. The lowest BCUT2D eigenvalue weighted by molar-refractivity contribution is -0.0397. The Kier molecular flexibility index (Phi) is 3.23. The van der Waals surface area contributed by atoms with Crippen molar-refractivity contribution in [2.24, 2.45) is 0 Å². The van der Waals surface area contributed by atoms with E-state index in [0.29, 0.717) is 0 Å². The third-order valence-corrected chi connectivity index (χ3v) is 3.21. The smallest absolute Gasteiger partial charge is 0.150 e. The van der Waals surface area contributed by atoms with E-state index in [2.05, 4.69) is 28.0 Å². The minimum absolute atomic E-state index is 0.153. The first-order chi connectivity index (χ1) is 6.81. The van der Waals surface area contributed by atoms with Gasteiger partial charge in [-0.25, -0.2) is 4.68 Å². The second-order valence-corrected chi connectivity index (χ2v) is 4.43. The topological polar surface area (TPSA) is 27.1 Å². The van der Waals surface area contributed by atoms with Gasteiger partial charge in [0.2, 0.25) is 0 Å². The summed E-state index contributed by atoms with van der Waals surface area (Å²) < 4.78 is 8.69. The Labute approximate surface area is 92.6 Å². The maximum Gasteiger partial charge on any atom is 0.150 e. The number of aromatic nitrogens is 2. The summed E-state index contributed by atoms with van der Waals surface area (Å²) in [4.78, 5) is 0. The first kappa shape index (κ1) is 10.2. The minimum atomic E-state index is 0.153. The molecular formula is C10H15BrN2O. The van der Waals surface area contributed by atoms with E-state index in [1.54, 1.807) is 0 Å². The van der Waals surface area contributed by atoms with Crippen LogP contribution < -0.4 is 0 Å². The lowest BCUT2D eigenvalue weighted by Crippen LogP contribution is -2.18. The first-order valence-corrected chi connectivity index (χ1v) is 5.95. The molecule has 1 fully saturated rings. The zero-order valence-electron chi connectivity index (χ0n) is 8.37. The van der Waals surface area contributed by atoms with Crippen LogP contribution in [0.5, 0.6) is 0 Å². The molecule has 2 rings (SSSR count). The highest BCUT2D eigenvalue weighted by molar-refractivity contribution is 9.10. The fraction of sp³-hybridized carbons (Fsp3) is 0.700. The number of ether oxygens (including phenoxy) is 1. The van der Waals surface area contributed by atoms with Gasteiger partial charge in [-0.2, -0.15) is 5.10 Å². The van der Waals surface area contributed by atoms with Crippen LogP contribution in [0, 0.1) is 0 Å². The number of halogens is 1. The van der Waals surface area contributed by atoms with E-state index in [1.807, 2.05) is 10.9 Å². The van der Waals surface area contributed by atoms with E-state index in [9.17, 15) is 0 Å². The van der Waals surface area contributed by atoms with Crippen LogP contribution in [-0.2, 0) is 11.2 Å². The Bertz CT molecular complexity index is 305. The molecule has 0 aliphatic carbocycles. The van der Waals surface area contributed by atoms with Crippen molar-refractivity contribution in [3.05, 3.63) is 16.4 Å². The summed E-state index contributed by atoms with van der Waals surface area (Å²) in [6.07, 6.45) is 6.63. The molecule has 4 heteroatoms. The number of hydrogen-bond donors (Lipinski definition) is 0. The van der Waals surface area contributed by atoms with Gasteiger partial charge in [0.15, 0.2) is 0 Å². The van der Waals surface area contributed by atoms with E-state index >= 15 is 0 Å². The minimum Gasteiger partial charge on any atom is -0.357 e. The lowest BCUT2D eigenvalue weighted by Gasteiger charge is -2.22. The third-order valence-electron chi connectivity index (χ3n) is 2.54. The normalized spacial score (nSPS) is 22.6. The van der Waals surface area contributed by atoms with Gasteiger partial charge in [0.05, 0.1) is 10.2 Å². The summed E-state index contributed by atoms with van der Waals surface area (Å²) >= 11 is 3.51. The second kappa shape index (κ2) is 4.45. The Morgan fingerprint density at radius 1 is 1.64 bits per heavy atom. The van der Waals surface area contributed by atoms with Crippen molar-refractivity contribution < 1.29 is 4.74 Å². The van der Waals surface area contributed by atoms with Crippen molar-refractivity contribution in [3.63, 3.8) is 0 Å². The summed E-state index contributed by atoms with van der Waals surface area (Å²) in [7, 11) is 0. The van der Waals surface area contributed by atoms with E-state index in [4.69, 9.17) is 4.74 Å². The molecule has 1 aliphatic rings. The van der Waals surface area contributed by atoms with E-state index in [1.165, 1.54) is 12.8 Å². The van der Waals surface area contributed by atoms with Gasteiger partial charge in [0.25, 0.3) is 0 Å². The van der Waals surface area contributed by atoms with Crippen LogP contribution in [0.2, 0.25) is 0 Å². The molecule has 1 aliphatic heterocycles. The molecule has 0 spiro atoms. The van der Waals surface area contributed by atoms with Crippen LogP contribution in [-0.4, -0.2) is 16.4 Å². The van der Waals surface area contributed by atoms with Gasteiger partial charge >= 0.3 is 0 Å². The largest absolute Gasteiger partial charge is 0.357 e. The summed E-state index contributed by atoms with van der Waals surface area (Å²) in [5.74, 6) is 0. The van der Waals surface area contributed by atoms with E-state index in [-0.39, 0.29) is 6.23 Å². The van der Waals surface area contributed by atoms with Crippen molar-refractivity contribution in [1.29, 1.82) is 0 Å². The van der Waals surface area contributed by atoms with Gasteiger partial charge in [-0.1, -0.05) is 6.92 Å². The molecule has 3 nitrogen and oxygen atoms in total. The maximum atomic E-state index is 5.66. The fourth-order valence-electron chi connectivity index (χ4n) is 1.73. The van der Waals surface area contributed by atoms with Gasteiger partial charge in [-0.3, -0.25) is 0 Å². The standard InChI is InChI=1S/C10H15BrN2O/c1-2-9-8(11)7-13(12-9)10-5-3-4-6-14-10/h7,10H,2-6H2,1H3. The summed E-state index contributed by atoms with van der Waals surface area (Å²) in [5.41, 5.74) is 1.11. The SMILES string of the molecule is CCc1nn(C2CCCCO2)cc1Br. The monoisotopic (exact) mass is 258 g/mol. The molecule has 78 valence electrons. The number of nitrogens with zero attached hydrogens (tertiary/aromatic N) is 2. The molecule has 0 N–H and O–H groups in total. The Morgan fingerprint density at radius 2 is 2.50 bits per heavy atom. The predicted molar refractivity (Wildman–Crippen MR) is 58.1 cm³/mol. The van der Waals surface area contributed by atoms with Crippen LogP contribution in [0.15, 0.2) is 10.7 Å². The Balaban J connectivity index is 2.14. The molecule has 1 aromatic rings. The maximum absolute atomic E-state index is 5.66. The zero-order valence-corrected chi connectivity index (χ0v) is 9.96. The predicted octanol–water partition coefficient (Wildman–Crippen LogP) is 2.91. The highest BCUT2D eigenvalue weighted by atomic mass is 79.9. The first-order valence-electron chi connectivity index (χ1n) is 5.16. The summed E-state index contributed by atoms with van der Waals surface area (Å²) in [6.45, 7) is 2.97. The van der Waals surface area contributed by atoms with Gasteiger partial charge < -0.3 is 4.74 Å². The van der Waals surface area contributed by atoms with Gasteiger partial charge in [-0.05, 0) is 41.6 Å². The molecule has 0 aromatic carbocycles. The van der Waals surface area contributed by atoms with Crippen molar-refractivity contribution in [1.82, 2.24) is 9.78 Å². The molecular weight excluding hydrogens is 244 g/mol. The zero-order chi connectivity index (χ0) is 9.97. The molecule has 1 aromatic heterocycles. The number of rotatable bonds is 2. The van der Waals surface area contributed by atoms with Crippen LogP contribution in [0.3, 0.4) is 0 Å². The van der Waals surface area contributed by atoms with E-state index < -0.39 is 0 Å². The average molecular weight is 259 g/mol. The van der Waals surface area contributed by atoms with Crippen molar-refractivity contribution in [3.8, 4) is 0 Å². The van der Waals surface area contributed by atoms with Crippen LogP contribution in [0.4, 0.5) is 0 Å². The van der Waals surface area contributed by atoms with Crippen molar-refractivity contribution in [2.45, 2.75) is 38.8 Å². The second-order valence-electron chi connectivity index (χ2n) is 3.58.